The van der Waals surface area contributed by atoms with Gasteiger partial charge in [-0.25, -0.2) is 14.6 Å². The maximum absolute atomic E-state index is 10.5. The van der Waals surface area contributed by atoms with E-state index in [2.05, 4.69) is 36.8 Å². The monoisotopic (exact) mass is 525 g/mol. The summed E-state index contributed by atoms with van der Waals surface area (Å²) in [5, 5.41) is 36.7. The fourth-order valence-electron chi connectivity index (χ4n) is 3.99. The van der Waals surface area contributed by atoms with E-state index < -0.39 is 6.10 Å². The summed E-state index contributed by atoms with van der Waals surface area (Å²) < 4.78 is 14.0. The summed E-state index contributed by atoms with van der Waals surface area (Å²) in [6.45, 7) is 4.37. The summed E-state index contributed by atoms with van der Waals surface area (Å²) in [4.78, 5) is 8.99. The minimum Gasteiger partial charge on any atom is -0.497 e. The number of ether oxygens (including phenoxy) is 2. The van der Waals surface area contributed by atoms with Crippen LogP contribution in [0.2, 0.25) is 0 Å². The molecule has 0 saturated carbocycles. The van der Waals surface area contributed by atoms with Gasteiger partial charge in [0.05, 0.1) is 31.6 Å². The number of aliphatic hydroxyl groups excluding tert-OH is 1. The molecule has 0 aliphatic rings. The number of benzene rings is 1. The van der Waals surface area contributed by atoms with Crippen molar-refractivity contribution in [2.24, 2.45) is 0 Å². The lowest BCUT2D eigenvalue weighted by atomic mass is 10.1. The van der Waals surface area contributed by atoms with Crippen LogP contribution >= 0.6 is 0 Å². The molecule has 198 valence electrons. The molecule has 0 spiro atoms. The number of nitrogens with zero attached hydrogens (tertiary/aromatic N) is 8. The number of aliphatic hydroxyl groups is 1. The van der Waals surface area contributed by atoms with E-state index in [9.17, 15) is 5.11 Å². The summed E-state index contributed by atoms with van der Waals surface area (Å²) in [6.07, 6.45) is 5.83. The van der Waals surface area contributed by atoms with Gasteiger partial charge in [-0.15, -0.1) is 5.10 Å². The van der Waals surface area contributed by atoms with Gasteiger partial charge in [0.1, 0.15) is 36.0 Å². The minimum atomic E-state index is -0.794. The minimum absolute atomic E-state index is 0.0969. The predicted octanol–water partition coefficient (Wildman–Crippen LogP) is 3.21. The van der Waals surface area contributed by atoms with Crippen LogP contribution in [0.25, 0.3) is 28.1 Å². The molecule has 4 heterocycles. The van der Waals surface area contributed by atoms with Crippen molar-refractivity contribution in [1.29, 1.82) is 5.26 Å². The smallest absolute Gasteiger partial charge is 0.164 e. The first kappa shape index (κ1) is 25.6. The maximum atomic E-state index is 10.5. The van der Waals surface area contributed by atoms with Crippen molar-refractivity contribution in [3.63, 3.8) is 0 Å². The molecule has 0 saturated heterocycles. The van der Waals surface area contributed by atoms with Crippen LogP contribution in [-0.2, 0) is 6.54 Å². The Kier molecular flexibility index (Phi) is 7.33. The van der Waals surface area contributed by atoms with E-state index in [0.29, 0.717) is 28.5 Å². The molecule has 0 amide bonds. The third-order valence-electron chi connectivity index (χ3n) is 5.80. The summed E-state index contributed by atoms with van der Waals surface area (Å²) in [5.74, 6) is 1.93. The Labute approximate surface area is 224 Å². The Balaban J connectivity index is 1.33. The first-order valence-electron chi connectivity index (χ1n) is 12.3. The molecule has 0 aliphatic carbocycles. The summed E-state index contributed by atoms with van der Waals surface area (Å²) in [6, 6.07) is 13.0. The second kappa shape index (κ2) is 11.2. The molecule has 2 N–H and O–H groups in total. The normalized spacial score (nSPS) is 11.9. The van der Waals surface area contributed by atoms with Crippen LogP contribution in [0.15, 0.2) is 61.2 Å². The molecule has 1 unspecified atom stereocenters. The van der Waals surface area contributed by atoms with Crippen molar-refractivity contribution < 1.29 is 14.6 Å². The van der Waals surface area contributed by atoms with E-state index in [1.807, 2.05) is 19.9 Å². The number of methoxy groups -OCH3 is 1. The molecule has 12 nitrogen and oxygen atoms in total. The molecule has 1 atom stereocenters. The average molecular weight is 526 g/mol. The van der Waals surface area contributed by atoms with Crippen LogP contribution in [0.3, 0.4) is 0 Å². The van der Waals surface area contributed by atoms with Crippen molar-refractivity contribution in [1.82, 2.24) is 34.7 Å². The SMILES string of the molecule is COc1ccc(OCC(O)Cn2cc(-c3cnc(-n4ncc5cc(C#N)cnc54)cc3NC(C)C)nn2)cc1. The Morgan fingerprint density at radius 2 is 1.87 bits per heavy atom. The summed E-state index contributed by atoms with van der Waals surface area (Å²) >= 11 is 0. The Hall–Kier alpha value is -5.02. The third-order valence-corrected chi connectivity index (χ3v) is 5.80. The molecule has 0 fully saturated rings. The number of nitrogens with one attached hydrogen (secondary N) is 1. The largest absolute Gasteiger partial charge is 0.497 e. The van der Waals surface area contributed by atoms with E-state index in [-0.39, 0.29) is 19.2 Å². The Bertz CT molecular complexity index is 1620. The molecular formula is C27H27N9O3. The molecule has 4 aromatic heterocycles. The zero-order valence-corrected chi connectivity index (χ0v) is 21.7. The standard InChI is InChI=1S/C27H27N9O3/c1-17(2)32-24-9-26(36-27-19(12-31-36)8-18(10-28)11-30-27)29-13-23(24)25-15-35(34-33-25)14-20(37)16-39-22-6-4-21(38-3)5-7-22/h4-9,11-13,15,17,20,37H,14,16H2,1-3H3,(H,29,32). The number of hydrogen-bond acceptors (Lipinski definition) is 10. The van der Waals surface area contributed by atoms with E-state index >= 15 is 0 Å². The van der Waals surface area contributed by atoms with Gasteiger partial charge >= 0.3 is 0 Å². The lowest BCUT2D eigenvalue weighted by Gasteiger charge is -2.15. The first-order chi connectivity index (χ1) is 18.9. The maximum Gasteiger partial charge on any atom is 0.164 e. The van der Waals surface area contributed by atoms with Crippen molar-refractivity contribution in [2.45, 2.75) is 32.5 Å². The van der Waals surface area contributed by atoms with Crippen LogP contribution in [-0.4, -0.2) is 65.7 Å². The van der Waals surface area contributed by atoms with E-state index in [4.69, 9.17) is 14.7 Å². The van der Waals surface area contributed by atoms with Crippen molar-refractivity contribution >= 4 is 16.7 Å². The van der Waals surface area contributed by atoms with Crippen LogP contribution in [0.5, 0.6) is 11.5 Å². The van der Waals surface area contributed by atoms with E-state index in [0.717, 1.165) is 22.4 Å². The molecule has 0 bridgehead atoms. The Morgan fingerprint density at radius 3 is 2.62 bits per heavy atom. The lowest BCUT2D eigenvalue weighted by Crippen LogP contribution is -2.23. The van der Waals surface area contributed by atoms with E-state index in [1.54, 1.807) is 65.4 Å². The zero-order chi connectivity index (χ0) is 27.4. The highest BCUT2D eigenvalue weighted by Gasteiger charge is 2.16. The predicted molar refractivity (Wildman–Crippen MR) is 144 cm³/mol. The number of hydrogen-bond donors (Lipinski definition) is 2. The second-order valence-electron chi connectivity index (χ2n) is 9.16. The number of aromatic nitrogens is 7. The fraction of sp³-hybridized carbons (Fsp3) is 0.259. The second-order valence-corrected chi connectivity index (χ2v) is 9.16. The summed E-state index contributed by atoms with van der Waals surface area (Å²) in [5.41, 5.74) is 3.21. The number of pyridine rings is 2. The zero-order valence-electron chi connectivity index (χ0n) is 21.7. The highest BCUT2D eigenvalue weighted by molar-refractivity contribution is 5.79. The van der Waals surface area contributed by atoms with Gasteiger partial charge in [0.25, 0.3) is 0 Å². The fourth-order valence-corrected chi connectivity index (χ4v) is 3.99. The molecule has 5 rings (SSSR count). The van der Waals surface area contributed by atoms with Gasteiger partial charge in [0.15, 0.2) is 11.5 Å². The number of rotatable bonds is 10. The topological polar surface area (TPSA) is 149 Å². The first-order valence-corrected chi connectivity index (χ1v) is 12.3. The average Bonchev–Trinajstić information content (AvgIpc) is 3.58. The molecule has 1 aromatic carbocycles. The Morgan fingerprint density at radius 1 is 1.08 bits per heavy atom. The van der Waals surface area contributed by atoms with Crippen LogP contribution < -0.4 is 14.8 Å². The molecule has 0 radical (unpaired) electrons. The number of anilines is 1. The molecule has 0 aliphatic heterocycles. The molecule has 5 aromatic rings. The van der Waals surface area contributed by atoms with Gasteiger partial charge in [-0.3, -0.25) is 0 Å². The van der Waals surface area contributed by atoms with E-state index in [1.165, 1.54) is 6.20 Å². The lowest BCUT2D eigenvalue weighted by molar-refractivity contribution is 0.0888. The molecule has 39 heavy (non-hydrogen) atoms. The van der Waals surface area contributed by atoms with Gasteiger partial charge in [-0.1, -0.05) is 5.21 Å². The van der Waals surface area contributed by atoms with Gasteiger partial charge in [0, 0.05) is 41.1 Å². The van der Waals surface area contributed by atoms with Gasteiger partial charge in [0.2, 0.25) is 0 Å². The molecular weight excluding hydrogens is 498 g/mol. The highest BCUT2D eigenvalue weighted by atomic mass is 16.5. The van der Waals surface area contributed by atoms with Crippen molar-refractivity contribution in [3.05, 3.63) is 66.7 Å². The van der Waals surface area contributed by atoms with Gasteiger partial charge < -0.3 is 19.9 Å². The van der Waals surface area contributed by atoms with Gasteiger partial charge in [-0.05, 0) is 44.2 Å². The third kappa shape index (κ3) is 5.78. The van der Waals surface area contributed by atoms with Crippen molar-refractivity contribution in [3.8, 4) is 34.6 Å². The quantitative estimate of drug-likeness (QED) is 0.278. The van der Waals surface area contributed by atoms with Crippen LogP contribution in [0.1, 0.15) is 19.4 Å². The van der Waals surface area contributed by atoms with Crippen molar-refractivity contribution in [2.75, 3.05) is 19.0 Å². The van der Waals surface area contributed by atoms with Crippen LogP contribution in [0.4, 0.5) is 5.69 Å². The summed E-state index contributed by atoms with van der Waals surface area (Å²) in [7, 11) is 1.60. The highest BCUT2D eigenvalue weighted by Crippen LogP contribution is 2.29. The number of fused-ring (bicyclic) bond motifs is 1. The number of nitriles is 1. The van der Waals surface area contributed by atoms with Gasteiger partial charge in [-0.2, -0.15) is 15.0 Å². The van der Waals surface area contributed by atoms with Crippen LogP contribution in [0, 0.1) is 11.3 Å². The molecule has 12 heteroatoms.